The van der Waals surface area contributed by atoms with Crippen molar-refractivity contribution < 1.29 is 9.53 Å². The zero-order valence-electron chi connectivity index (χ0n) is 14.8. The molecule has 0 unspecified atom stereocenters. The lowest BCUT2D eigenvalue weighted by atomic mass is 9.74. The average molecular weight is 319 g/mol. The molecule has 2 saturated heterocycles. The number of nitrogens with one attached hydrogen (secondary N) is 1. The molecule has 2 atom stereocenters. The minimum Gasteiger partial charge on any atom is -0.369 e. The molecule has 3 heterocycles. The lowest BCUT2D eigenvalue weighted by molar-refractivity contribution is -0.210. The van der Waals surface area contributed by atoms with Gasteiger partial charge in [0.25, 0.3) is 5.91 Å². The zero-order valence-corrected chi connectivity index (χ0v) is 14.8. The molecule has 2 fully saturated rings. The number of carbonyl (C=O) groups is 1. The van der Waals surface area contributed by atoms with E-state index in [0.717, 1.165) is 50.9 Å². The number of H-pyrrole nitrogens is 1. The summed E-state index contributed by atoms with van der Waals surface area (Å²) in [6.45, 7) is 10.2. The van der Waals surface area contributed by atoms with Crippen LogP contribution in [0.15, 0.2) is 6.07 Å². The first kappa shape index (κ1) is 16.5. The highest BCUT2D eigenvalue weighted by Crippen LogP contribution is 2.44. The Morgan fingerprint density at radius 2 is 2.22 bits per heavy atom. The highest BCUT2D eigenvalue weighted by molar-refractivity contribution is 5.92. The standard InChI is InChI=1S/C18H29N3O2/c1-5-6-14-11-15(20-19-14)16(22)21-10-9-18(4)13(12-21)7-8-17(2,3)23-18/h11,13H,5-10,12H2,1-4H3,(H,19,20)/t13-,18+/m0/s1. The molecule has 128 valence electrons. The van der Waals surface area contributed by atoms with Crippen LogP contribution in [0.3, 0.4) is 0 Å². The number of hydrogen-bond acceptors (Lipinski definition) is 3. The summed E-state index contributed by atoms with van der Waals surface area (Å²) in [5, 5.41) is 7.19. The van der Waals surface area contributed by atoms with E-state index in [2.05, 4.69) is 37.9 Å². The molecule has 2 aliphatic heterocycles. The molecule has 5 heteroatoms. The van der Waals surface area contributed by atoms with Crippen LogP contribution in [0, 0.1) is 5.92 Å². The molecule has 1 N–H and O–H groups in total. The van der Waals surface area contributed by atoms with Crippen LogP contribution in [-0.2, 0) is 11.2 Å². The highest BCUT2D eigenvalue weighted by Gasteiger charge is 2.48. The van der Waals surface area contributed by atoms with Gasteiger partial charge in [-0.25, -0.2) is 0 Å². The molecule has 1 aromatic heterocycles. The Hall–Kier alpha value is -1.36. The van der Waals surface area contributed by atoms with Gasteiger partial charge in [0, 0.05) is 24.7 Å². The van der Waals surface area contributed by atoms with Crippen LogP contribution in [0.4, 0.5) is 0 Å². The summed E-state index contributed by atoms with van der Waals surface area (Å²) in [6, 6.07) is 1.90. The van der Waals surface area contributed by atoms with E-state index in [-0.39, 0.29) is 17.1 Å². The highest BCUT2D eigenvalue weighted by atomic mass is 16.5. The van der Waals surface area contributed by atoms with E-state index < -0.39 is 0 Å². The molecule has 0 spiro atoms. The van der Waals surface area contributed by atoms with Gasteiger partial charge in [-0.15, -0.1) is 0 Å². The first-order valence-corrected chi connectivity index (χ1v) is 8.87. The first-order valence-electron chi connectivity index (χ1n) is 8.87. The summed E-state index contributed by atoms with van der Waals surface area (Å²) in [4.78, 5) is 14.7. The van der Waals surface area contributed by atoms with Crippen LogP contribution in [0.1, 0.15) is 69.6 Å². The molecular weight excluding hydrogens is 290 g/mol. The average Bonchev–Trinajstić information content (AvgIpc) is 2.93. The van der Waals surface area contributed by atoms with Crippen LogP contribution in [-0.4, -0.2) is 45.3 Å². The lowest BCUT2D eigenvalue weighted by Crippen LogP contribution is -2.58. The Kier molecular flexibility index (Phi) is 4.25. The number of amides is 1. The molecule has 3 rings (SSSR count). The van der Waals surface area contributed by atoms with E-state index >= 15 is 0 Å². The summed E-state index contributed by atoms with van der Waals surface area (Å²) in [5.74, 6) is 0.470. The van der Waals surface area contributed by atoms with E-state index in [1.807, 2.05) is 11.0 Å². The van der Waals surface area contributed by atoms with Crippen LogP contribution in [0.2, 0.25) is 0 Å². The maximum Gasteiger partial charge on any atom is 0.274 e. The lowest BCUT2D eigenvalue weighted by Gasteiger charge is -2.53. The first-order chi connectivity index (χ1) is 10.8. The number of aryl methyl sites for hydroxylation is 1. The normalized spacial score (nSPS) is 30.1. The molecule has 23 heavy (non-hydrogen) atoms. The van der Waals surface area contributed by atoms with Crippen molar-refractivity contribution >= 4 is 5.91 Å². The van der Waals surface area contributed by atoms with Gasteiger partial charge in [-0.1, -0.05) is 13.3 Å². The van der Waals surface area contributed by atoms with E-state index in [0.29, 0.717) is 11.6 Å². The molecule has 0 saturated carbocycles. The monoisotopic (exact) mass is 319 g/mol. The Balaban J connectivity index is 1.68. The number of likely N-dealkylation sites (tertiary alicyclic amines) is 1. The fraction of sp³-hybridized carbons (Fsp3) is 0.778. The van der Waals surface area contributed by atoms with Gasteiger partial charge in [0.15, 0.2) is 0 Å². The van der Waals surface area contributed by atoms with Crippen LogP contribution >= 0.6 is 0 Å². The summed E-state index contributed by atoms with van der Waals surface area (Å²) in [5.41, 5.74) is 1.45. The number of piperidine rings is 1. The van der Waals surface area contributed by atoms with E-state index in [1.165, 1.54) is 0 Å². The maximum absolute atomic E-state index is 12.7. The number of rotatable bonds is 3. The quantitative estimate of drug-likeness (QED) is 0.931. The zero-order chi connectivity index (χ0) is 16.7. The molecule has 1 aromatic rings. The van der Waals surface area contributed by atoms with Gasteiger partial charge >= 0.3 is 0 Å². The van der Waals surface area contributed by atoms with Crippen molar-refractivity contribution in [1.82, 2.24) is 15.1 Å². The fourth-order valence-corrected chi connectivity index (χ4v) is 4.06. The third-order valence-electron chi connectivity index (χ3n) is 5.44. The summed E-state index contributed by atoms with van der Waals surface area (Å²) >= 11 is 0. The fourth-order valence-electron chi connectivity index (χ4n) is 4.06. The van der Waals surface area contributed by atoms with Crippen molar-refractivity contribution in [3.63, 3.8) is 0 Å². The second-order valence-electron chi connectivity index (χ2n) is 7.94. The smallest absolute Gasteiger partial charge is 0.274 e. The van der Waals surface area contributed by atoms with Crippen LogP contribution < -0.4 is 0 Å². The minimum absolute atomic E-state index is 0.0469. The Labute approximate surface area is 138 Å². The summed E-state index contributed by atoms with van der Waals surface area (Å²) in [7, 11) is 0. The van der Waals surface area contributed by atoms with Gasteiger partial charge < -0.3 is 9.64 Å². The number of ether oxygens (including phenoxy) is 1. The number of nitrogens with zero attached hydrogens (tertiary/aromatic N) is 2. The summed E-state index contributed by atoms with van der Waals surface area (Å²) in [6.07, 6.45) is 5.06. The number of hydrogen-bond donors (Lipinski definition) is 1. The molecule has 0 bridgehead atoms. The second kappa shape index (κ2) is 5.93. The molecule has 0 radical (unpaired) electrons. The van der Waals surface area contributed by atoms with E-state index in [4.69, 9.17) is 4.74 Å². The summed E-state index contributed by atoms with van der Waals surface area (Å²) < 4.78 is 6.38. The van der Waals surface area contributed by atoms with E-state index in [9.17, 15) is 4.79 Å². The molecule has 0 aliphatic carbocycles. The molecule has 0 aromatic carbocycles. The van der Waals surface area contributed by atoms with Crippen LogP contribution in [0.25, 0.3) is 0 Å². The molecular formula is C18H29N3O2. The van der Waals surface area contributed by atoms with Gasteiger partial charge in [-0.2, -0.15) is 5.10 Å². The minimum atomic E-state index is -0.0997. The predicted molar refractivity (Wildman–Crippen MR) is 89.4 cm³/mol. The van der Waals surface area contributed by atoms with E-state index in [1.54, 1.807) is 0 Å². The van der Waals surface area contributed by atoms with Gasteiger partial charge in [0.2, 0.25) is 0 Å². The topological polar surface area (TPSA) is 58.2 Å². The largest absolute Gasteiger partial charge is 0.369 e. The third kappa shape index (κ3) is 3.30. The Morgan fingerprint density at radius 3 is 2.96 bits per heavy atom. The van der Waals surface area contributed by atoms with Gasteiger partial charge in [0.05, 0.1) is 11.2 Å². The van der Waals surface area contributed by atoms with Crippen LogP contribution in [0.5, 0.6) is 0 Å². The van der Waals surface area contributed by atoms with Crippen molar-refractivity contribution in [1.29, 1.82) is 0 Å². The van der Waals surface area contributed by atoms with Crippen molar-refractivity contribution in [2.24, 2.45) is 5.92 Å². The second-order valence-corrected chi connectivity index (χ2v) is 7.94. The Morgan fingerprint density at radius 1 is 1.43 bits per heavy atom. The molecule has 2 aliphatic rings. The number of aromatic amines is 1. The van der Waals surface area contributed by atoms with Gasteiger partial charge in [-0.3, -0.25) is 9.89 Å². The van der Waals surface area contributed by atoms with Crippen molar-refractivity contribution in [3.8, 4) is 0 Å². The van der Waals surface area contributed by atoms with Gasteiger partial charge in [-0.05, 0) is 52.5 Å². The van der Waals surface area contributed by atoms with Gasteiger partial charge in [0.1, 0.15) is 5.69 Å². The maximum atomic E-state index is 12.7. The number of carbonyl (C=O) groups excluding carboxylic acids is 1. The molecule has 5 nitrogen and oxygen atoms in total. The van der Waals surface area contributed by atoms with Crippen molar-refractivity contribution in [2.45, 2.75) is 71.0 Å². The van der Waals surface area contributed by atoms with Crippen molar-refractivity contribution in [3.05, 3.63) is 17.5 Å². The SMILES string of the molecule is CCCc1cc(C(=O)N2CC[C@@]3(C)OC(C)(C)CC[C@H]3C2)n[nH]1. The molecule has 1 amide bonds. The predicted octanol–water partition coefficient (Wildman–Crippen LogP) is 3.17. The number of aromatic nitrogens is 2. The van der Waals surface area contributed by atoms with Crippen molar-refractivity contribution in [2.75, 3.05) is 13.1 Å². The number of fused-ring (bicyclic) bond motifs is 1. The Bertz CT molecular complexity index is 581. The third-order valence-corrected chi connectivity index (χ3v) is 5.44.